The quantitative estimate of drug-likeness (QED) is 0.107. The van der Waals surface area contributed by atoms with Crippen LogP contribution in [0.15, 0.2) is 193 Å². The normalized spacial score (nSPS) is 24.5. The molecule has 3 aliphatic carbocycles. The predicted molar refractivity (Wildman–Crippen MR) is 319 cm³/mol. The van der Waals surface area contributed by atoms with Gasteiger partial charge in [0.05, 0.1) is 16.8 Å². The number of nitrogens with zero attached hydrogens (tertiary/aromatic N) is 1. The fraction of sp³-hybridized carbons (Fsp3) is 0.235. The molecule has 0 saturated heterocycles. The molecule has 7 aromatic carbocycles. The van der Waals surface area contributed by atoms with Gasteiger partial charge in [0.25, 0.3) is 0 Å². The highest BCUT2D eigenvalue weighted by atomic mass is 32.3. The van der Waals surface area contributed by atoms with E-state index in [0.29, 0.717) is 11.8 Å². The number of allylic oxidation sites excluding steroid dienone is 2. The number of hydrogen-bond acceptors (Lipinski definition) is 2. The van der Waals surface area contributed by atoms with Gasteiger partial charge in [0.2, 0.25) is 0 Å². The number of para-hydroxylation sites is 1. The molecule has 7 unspecified atom stereocenters. The number of quaternary nitrogens is 2. The molecule has 368 valence electrons. The highest BCUT2D eigenvalue weighted by molar-refractivity contribution is 8.36. The van der Waals surface area contributed by atoms with E-state index in [0.717, 1.165) is 31.4 Å². The summed E-state index contributed by atoms with van der Waals surface area (Å²) in [6.45, 7) is 10.2. The van der Waals surface area contributed by atoms with Gasteiger partial charge in [0, 0.05) is 50.2 Å². The summed E-state index contributed by atoms with van der Waals surface area (Å²) in [5.41, 5.74) is 13.8. The molecule has 10 aromatic rings. The topological polar surface area (TPSA) is 38.1 Å². The van der Waals surface area contributed by atoms with Gasteiger partial charge in [-0.25, -0.2) is 9.88 Å². The van der Waals surface area contributed by atoms with Gasteiger partial charge in [-0.1, -0.05) is 147 Å². The summed E-state index contributed by atoms with van der Waals surface area (Å²) in [5.74, 6) is 2.26. The van der Waals surface area contributed by atoms with Crippen molar-refractivity contribution in [1.82, 2.24) is 4.57 Å². The Labute approximate surface area is 445 Å². The van der Waals surface area contributed by atoms with E-state index in [2.05, 4.69) is 243 Å². The van der Waals surface area contributed by atoms with Crippen molar-refractivity contribution in [2.24, 2.45) is 5.92 Å². The molecular weight excluding hydrogens is 955 g/mol. The van der Waals surface area contributed by atoms with Crippen molar-refractivity contribution >= 4 is 91.7 Å². The van der Waals surface area contributed by atoms with Gasteiger partial charge in [-0.05, 0) is 168 Å². The summed E-state index contributed by atoms with van der Waals surface area (Å²) in [5, 5.41) is 10.7. The molecule has 14 rings (SSSR count). The first-order chi connectivity index (χ1) is 36.2. The Hall–Kier alpha value is -6.25. The third-order valence-corrected chi connectivity index (χ3v) is 25.7. The fourth-order valence-corrected chi connectivity index (χ4v) is 22.8. The predicted octanol–water partition coefficient (Wildman–Crippen LogP) is 16.6. The lowest BCUT2D eigenvalue weighted by Gasteiger charge is -2.64. The van der Waals surface area contributed by atoms with Crippen LogP contribution in [0.3, 0.4) is 0 Å². The van der Waals surface area contributed by atoms with Crippen LogP contribution in [0.25, 0.3) is 64.4 Å². The molecule has 0 saturated carbocycles. The molecule has 3 aromatic heterocycles. The molecule has 7 atom stereocenters. The minimum Gasteiger partial charge on any atom is -0.267 e. The van der Waals surface area contributed by atoms with Crippen LogP contribution in [0.4, 0.5) is 5.69 Å². The number of hydrogen-bond donors (Lipinski definition) is 2. The van der Waals surface area contributed by atoms with Crippen molar-refractivity contribution in [2.45, 2.75) is 92.4 Å². The minimum absolute atomic E-state index is 0.0155. The Morgan fingerprint density at radius 3 is 2.22 bits per heavy atom. The van der Waals surface area contributed by atoms with Gasteiger partial charge in [-0.3, -0.25) is 5.32 Å². The van der Waals surface area contributed by atoms with Crippen molar-refractivity contribution in [3.63, 3.8) is 0 Å². The molecule has 6 heteroatoms. The maximum atomic E-state index is 2.73. The first-order valence-electron chi connectivity index (χ1n) is 27.0. The first kappa shape index (κ1) is 46.3. The Balaban J connectivity index is 0.963. The van der Waals surface area contributed by atoms with Crippen molar-refractivity contribution in [3.8, 4) is 11.1 Å². The van der Waals surface area contributed by atoms with Gasteiger partial charge in [-0.2, -0.15) is 10.0 Å². The molecule has 0 bridgehead atoms. The summed E-state index contributed by atoms with van der Waals surface area (Å²) in [6, 6.07) is 63.5. The number of rotatable bonds is 9. The van der Waals surface area contributed by atoms with E-state index in [9.17, 15) is 0 Å². The van der Waals surface area contributed by atoms with Crippen molar-refractivity contribution in [3.05, 3.63) is 226 Å². The Kier molecular flexibility index (Phi) is 11.2. The van der Waals surface area contributed by atoms with Crippen LogP contribution >= 0.6 is 32.7 Å². The van der Waals surface area contributed by atoms with Crippen LogP contribution in [-0.2, 0) is 12.8 Å². The van der Waals surface area contributed by atoms with Crippen LogP contribution < -0.4 is 10.6 Å². The molecule has 0 fully saturated rings. The summed E-state index contributed by atoms with van der Waals surface area (Å²) < 4.78 is 6.65. The maximum absolute atomic E-state index is 2.73. The van der Waals surface area contributed by atoms with E-state index in [-0.39, 0.29) is 21.8 Å². The monoisotopic (exact) mass is 1020 g/mol. The summed E-state index contributed by atoms with van der Waals surface area (Å²) in [4.78, 5) is 2.97. The minimum atomic E-state index is -1.65. The Bertz CT molecular complexity index is 3910. The smallest absolute Gasteiger partial charge is 0.267 e. The Morgan fingerprint density at radius 2 is 1.36 bits per heavy atom. The number of benzene rings is 7. The van der Waals surface area contributed by atoms with Crippen molar-refractivity contribution in [2.75, 3.05) is 5.75 Å². The molecule has 0 spiro atoms. The summed E-state index contributed by atoms with van der Waals surface area (Å²) in [6.07, 6.45) is 20.8. The van der Waals surface area contributed by atoms with Gasteiger partial charge in [0.15, 0.2) is 0 Å². The van der Waals surface area contributed by atoms with Gasteiger partial charge < -0.3 is 0 Å². The molecule has 1 aliphatic heterocycles. The molecule has 0 radical (unpaired) electrons. The van der Waals surface area contributed by atoms with E-state index in [4.69, 9.17) is 0 Å². The first-order valence-corrected chi connectivity index (χ1v) is 30.5. The average molecular weight is 1020 g/mol. The zero-order valence-corrected chi connectivity index (χ0v) is 45.4. The highest BCUT2D eigenvalue weighted by Gasteiger charge is 2.55. The van der Waals surface area contributed by atoms with Crippen LogP contribution in [0.5, 0.6) is 0 Å². The largest absolute Gasteiger partial charge is 0.303 e. The molecule has 3 nitrogen and oxygen atoms in total. The SMILES string of the molecule is CC1CC=CC(C)(S(CCc2ccccc2)(c2ccccc2)C2(C)C=Cc3c(c4cc(-c5ccc6sc7ccccc7c6c5)ccc4n3C3[NH2+]c4ccccc4C(c4ccc5sc6c(c5c4)C(C)CC=C6)[NH2+]3)C2)C1. The lowest BCUT2D eigenvalue weighted by molar-refractivity contribution is -0.924. The Morgan fingerprint density at radius 1 is 0.635 bits per heavy atom. The van der Waals surface area contributed by atoms with Gasteiger partial charge >= 0.3 is 6.29 Å². The van der Waals surface area contributed by atoms with Gasteiger partial charge in [0.1, 0.15) is 11.7 Å². The van der Waals surface area contributed by atoms with Crippen molar-refractivity contribution in [1.29, 1.82) is 0 Å². The molecule has 4 aliphatic rings. The third kappa shape index (κ3) is 7.34. The van der Waals surface area contributed by atoms with E-state index in [1.807, 2.05) is 22.7 Å². The molecule has 4 heterocycles. The van der Waals surface area contributed by atoms with E-state index >= 15 is 0 Å². The lowest BCUT2D eigenvalue weighted by Crippen LogP contribution is -3.08. The molecule has 4 N–H and O–H groups in total. The average Bonchev–Trinajstić information content (AvgIpc) is 4.11. The summed E-state index contributed by atoms with van der Waals surface area (Å²) in [7, 11) is -1.65. The number of aromatic nitrogens is 1. The zero-order valence-electron chi connectivity index (χ0n) is 42.9. The number of thiophene rings is 2. The lowest BCUT2D eigenvalue weighted by atomic mass is 9.88. The summed E-state index contributed by atoms with van der Waals surface area (Å²) >= 11 is 3.85. The maximum Gasteiger partial charge on any atom is 0.303 e. The number of aryl methyl sites for hydroxylation is 1. The third-order valence-electron chi connectivity index (χ3n) is 17.8. The number of nitrogens with two attached hydrogens (primary N) is 2. The van der Waals surface area contributed by atoms with Crippen molar-refractivity contribution < 1.29 is 10.6 Å². The fourth-order valence-electron chi connectivity index (χ4n) is 14.4. The second kappa shape index (κ2) is 18.0. The standard InChI is InChI=1S/C68H63N3S3/c1-44-17-16-36-67(3,42-44)74(50-21-9-6-10-22-50,38-35-46-19-7-5-8-20-46)68(4)37-34-59-56(43-68)53-39-47(48-29-32-61-54(40-48)51-23-12-14-26-60(51)72-61)28-31-58(53)71(59)66-69-57-25-13-11-24-52(57)65(70-66)49-30-33-62-55(41-49)64-45(2)18-15-27-63(64)73-62/h5-16,19-34,36-37,39-41,44-45,65-66,69-70H,17-18,35,38,42-43H2,1-4H3/p+2. The van der Waals surface area contributed by atoms with Crippen LogP contribution in [0.1, 0.15) is 104 Å². The second-order valence-electron chi connectivity index (χ2n) is 22.5. The van der Waals surface area contributed by atoms with Crippen LogP contribution in [-0.4, -0.2) is 19.8 Å². The van der Waals surface area contributed by atoms with E-state index in [1.54, 1.807) is 0 Å². The zero-order chi connectivity index (χ0) is 49.8. The highest BCUT2D eigenvalue weighted by Crippen LogP contribution is 2.77. The molecule has 0 amide bonds. The number of fused-ring (bicyclic) bond motifs is 10. The van der Waals surface area contributed by atoms with Crippen LogP contribution in [0, 0.1) is 5.92 Å². The molecular formula is C68H65N3S3+2. The van der Waals surface area contributed by atoms with Crippen LogP contribution in [0.2, 0.25) is 0 Å². The van der Waals surface area contributed by atoms with E-state index < -0.39 is 10.0 Å². The molecule has 74 heavy (non-hydrogen) atoms. The van der Waals surface area contributed by atoms with E-state index in [1.165, 1.54) is 108 Å². The second-order valence-corrected chi connectivity index (χ2v) is 28.9. The van der Waals surface area contributed by atoms with Gasteiger partial charge in [-0.15, -0.1) is 22.7 Å².